The Morgan fingerprint density at radius 1 is 1.32 bits per heavy atom. The minimum atomic E-state index is -0.293. The highest BCUT2D eigenvalue weighted by molar-refractivity contribution is 5.84. The molecule has 122 valence electrons. The van der Waals surface area contributed by atoms with E-state index in [-0.39, 0.29) is 17.4 Å². The molecule has 1 aromatic rings. The zero-order chi connectivity index (χ0) is 16.2. The number of nitrogens with zero attached hydrogens (tertiary/aromatic N) is 1. The van der Waals surface area contributed by atoms with Crippen molar-refractivity contribution in [2.45, 2.75) is 38.6 Å². The molecule has 1 atom stereocenters. The van der Waals surface area contributed by atoms with Crippen molar-refractivity contribution in [1.29, 1.82) is 0 Å². The number of hydrogen-bond donors (Lipinski definition) is 0. The third-order valence-electron chi connectivity index (χ3n) is 4.87. The molecule has 0 spiro atoms. The van der Waals surface area contributed by atoms with Crippen LogP contribution >= 0.6 is 0 Å². The number of carbonyl (C=O) groups excluding carboxylic acids is 1. The summed E-state index contributed by atoms with van der Waals surface area (Å²) in [7, 11) is 5.25. The number of amides is 1. The molecule has 4 nitrogen and oxygen atoms in total. The lowest BCUT2D eigenvalue weighted by molar-refractivity contribution is -0.152. The molecule has 1 saturated carbocycles. The van der Waals surface area contributed by atoms with Crippen molar-refractivity contribution in [2.75, 3.05) is 27.9 Å². The van der Waals surface area contributed by atoms with E-state index in [2.05, 4.69) is 13.0 Å². The summed E-state index contributed by atoms with van der Waals surface area (Å²) < 4.78 is 10.7. The number of rotatable bonds is 7. The third-order valence-corrected chi connectivity index (χ3v) is 4.87. The lowest BCUT2D eigenvalue weighted by Crippen LogP contribution is -2.52. The van der Waals surface area contributed by atoms with Gasteiger partial charge in [-0.05, 0) is 37.8 Å². The van der Waals surface area contributed by atoms with Crippen LogP contribution in [0.2, 0.25) is 0 Å². The van der Waals surface area contributed by atoms with Gasteiger partial charge in [0.1, 0.15) is 5.75 Å². The Labute approximate surface area is 133 Å². The second kappa shape index (κ2) is 7.14. The van der Waals surface area contributed by atoms with Gasteiger partial charge in [0, 0.05) is 20.2 Å². The van der Waals surface area contributed by atoms with Gasteiger partial charge in [0.05, 0.1) is 19.1 Å². The Kier molecular flexibility index (Phi) is 5.46. The summed E-state index contributed by atoms with van der Waals surface area (Å²) in [4.78, 5) is 14.7. The molecule has 0 aliphatic heterocycles. The molecule has 0 bridgehead atoms. The van der Waals surface area contributed by atoms with Gasteiger partial charge in [-0.25, -0.2) is 0 Å². The van der Waals surface area contributed by atoms with Crippen molar-refractivity contribution in [3.63, 3.8) is 0 Å². The lowest BCUT2D eigenvalue weighted by Gasteiger charge is -2.43. The van der Waals surface area contributed by atoms with Gasteiger partial charge in [-0.3, -0.25) is 4.79 Å². The standard InChI is InChI=1S/C18H27NO3/c1-14(12-15-8-5-6-9-16(15)22-4)19(2)17(20)18(13-21-3)10-7-11-18/h5-6,8-9,14H,7,10-13H2,1-4H3/t14-/m1/s1. The molecule has 22 heavy (non-hydrogen) atoms. The van der Waals surface area contributed by atoms with E-state index in [1.54, 1.807) is 14.2 Å². The summed E-state index contributed by atoms with van der Waals surface area (Å²) in [6, 6.07) is 8.11. The Balaban J connectivity index is 2.05. The van der Waals surface area contributed by atoms with E-state index in [1.807, 2.05) is 30.1 Å². The van der Waals surface area contributed by atoms with Crippen LogP contribution in [0.15, 0.2) is 24.3 Å². The summed E-state index contributed by atoms with van der Waals surface area (Å²) in [6.07, 6.45) is 3.77. The summed E-state index contributed by atoms with van der Waals surface area (Å²) in [5, 5.41) is 0. The fraction of sp³-hybridized carbons (Fsp3) is 0.611. The molecule has 1 fully saturated rings. The summed E-state index contributed by atoms with van der Waals surface area (Å²) in [5.41, 5.74) is 0.838. The van der Waals surface area contributed by atoms with Crippen LogP contribution in [0.5, 0.6) is 5.75 Å². The van der Waals surface area contributed by atoms with Crippen LogP contribution < -0.4 is 4.74 Å². The first-order valence-corrected chi connectivity index (χ1v) is 7.92. The van der Waals surface area contributed by atoms with Crippen LogP contribution in [0.4, 0.5) is 0 Å². The molecule has 1 aliphatic rings. The molecule has 0 unspecified atom stereocenters. The van der Waals surface area contributed by atoms with E-state index in [1.165, 1.54) is 0 Å². The van der Waals surface area contributed by atoms with Gasteiger partial charge in [-0.1, -0.05) is 24.6 Å². The van der Waals surface area contributed by atoms with Crippen LogP contribution in [0.1, 0.15) is 31.7 Å². The number of carbonyl (C=O) groups is 1. The van der Waals surface area contributed by atoms with E-state index in [4.69, 9.17) is 9.47 Å². The highest BCUT2D eigenvalue weighted by atomic mass is 16.5. The molecule has 0 radical (unpaired) electrons. The van der Waals surface area contributed by atoms with Gasteiger partial charge >= 0.3 is 0 Å². The fourth-order valence-electron chi connectivity index (χ4n) is 3.20. The van der Waals surface area contributed by atoms with Gasteiger partial charge in [0.15, 0.2) is 0 Å². The maximum atomic E-state index is 12.8. The predicted molar refractivity (Wildman–Crippen MR) is 87.1 cm³/mol. The highest BCUT2D eigenvalue weighted by Gasteiger charge is 2.46. The van der Waals surface area contributed by atoms with Crippen LogP contribution in [0.3, 0.4) is 0 Å². The highest BCUT2D eigenvalue weighted by Crippen LogP contribution is 2.43. The maximum Gasteiger partial charge on any atom is 0.231 e. The zero-order valence-corrected chi connectivity index (χ0v) is 14.1. The average molecular weight is 305 g/mol. The predicted octanol–water partition coefficient (Wildman–Crippen LogP) is 2.90. The number of benzene rings is 1. The minimum absolute atomic E-state index is 0.123. The fourth-order valence-corrected chi connectivity index (χ4v) is 3.20. The maximum absolute atomic E-state index is 12.8. The van der Waals surface area contributed by atoms with Crippen molar-refractivity contribution in [3.8, 4) is 5.75 Å². The van der Waals surface area contributed by atoms with E-state index in [0.717, 1.165) is 37.0 Å². The molecule has 1 amide bonds. The smallest absolute Gasteiger partial charge is 0.231 e. The van der Waals surface area contributed by atoms with Crippen molar-refractivity contribution in [3.05, 3.63) is 29.8 Å². The normalized spacial score (nSPS) is 17.5. The number of likely N-dealkylation sites (N-methyl/N-ethyl adjacent to an activating group) is 1. The molecule has 0 aromatic heterocycles. The van der Waals surface area contributed by atoms with Gasteiger partial charge in [0.25, 0.3) is 0 Å². The second-order valence-electron chi connectivity index (χ2n) is 6.35. The van der Waals surface area contributed by atoms with Gasteiger partial charge in [-0.15, -0.1) is 0 Å². The van der Waals surface area contributed by atoms with E-state index < -0.39 is 0 Å². The number of para-hydroxylation sites is 1. The number of methoxy groups -OCH3 is 2. The van der Waals surface area contributed by atoms with Crippen molar-refractivity contribution in [2.24, 2.45) is 5.41 Å². The van der Waals surface area contributed by atoms with Gasteiger partial charge in [-0.2, -0.15) is 0 Å². The van der Waals surface area contributed by atoms with Crippen LogP contribution in [-0.2, 0) is 16.0 Å². The first kappa shape index (κ1) is 16.8. The second-order valence-corrected chi connectivity index (χ2v) is 6.35. The minimum Gasteiger partial charge on any atom is -0.496 e. The average Bonchev–Trinajstić information content (AvgIpc) is 2.50. The quantitative estimate of drug-likeness (QED) is 0.777. The molecule has 1 aliphatic carbocycles. The summed E-state index contributed by atoms with van der Waals surface area (Å²) in [5.74, 6) is 1.09. The van der Waals surface area contributed by atoms with Crippen molar-refractivity contribution in [1.82, 2.24) is 4.90 Å². The SMILES string of the molecule is COCC1(C(=O)N(C)[C@H](C)Cc2ccccc2OC)CCC1. The topological polar surface area (TPSA) is 38.8 Å². The van der Waals surface area contributed by atoms with Crippen LogP contribution in [0, 0.1) is 5.41 Å². The largest absolute Gasteiger partial charge is 0.496 e. The molecule has 4 heteroatoms. The van der Waals surface area contributed by atoms with E-state index in [0.29, 0.717) is 6.61 Å². The third kappa shape index (κ3) is 3.27. The van der Waals surface area contributed by atoms with Crippen LogP contribution in [0.25, 0.3) is 0 Å². The Hall–Kier alpha value is -1.55. The molecule has 2 rings (SSSR count). The van der Waals surface area contributed by atoms with Crippen molar-refractivity contribution < 1.29 is 14.3 Å². The summed E-state index contributed by atoms with van der Waals surface area (Å²) >= 11 is 0. The summed E-state index contributed by atoms with van der Waals surface area (Å²) in [6.45, 7) is 2.61. The molecule has 0 saturated heterocycles. The molecular weight excluding hydrogens is 278 g/mol. The van der Waals surface area contributed by atoms with E-state index in [9.17, 15) is 4.79 Å². The Morgan fingerprint density at radius 3 is 2.55 bits per heavy atom. The van der Waals surface area contributed by atoms with Gasteiger partial charge in [0.2, 0.25) is 5.91 Å². The lowest BCUT2D eigenvalue weighted by atomic mass is 9.68. The number of ether oxygens (including phenoxy) is 2. The first-order valence-electron chi connectivity index (χ1n) is 7.92. The molecule has 0 N–H and O–H groups in total. The Bertz CT molecular complexity index is 511. The Morgan fingerprint density at radius 2 is 2.00 bits per heavy atom. The van der Waals surface area contributed by atoms with Gasteiger partial charge < -0.3 is 14.4 Å². The van der Waals surface area contributed by atoms with Crippen molar-refractivity contribution >= 4 is 5.91 Å². The van der Waals surface area contributed by atoms with E-state index >= 15 is 0 Å². The number of hydrogen-bond acceptors (Lipinski definition) is 3. The first-order chi connectivity index (χ1) is 10.5. The monoisotopic (exact) mass is 305 g/mol. The molecule has 1 aromatic carbocycles. The molecule has 0 heterocycles. The molecular formula is C18H27NO3. The van der Waals surface area contributed by atoms with Crippen LogP contribution in [-0.4, -0.2) is 44.7 Å². The zero-order valence-electron chi connectivity index (χ0n) is 14.1.